The van der Waals surface area contributed by atoms with Crippen LogP contribution in [0.4, 0.5) is 0 Å². The summed E-state index contributed by atoms with van der Waals surface area (Å²) in [7, 11) is 0. The van der Waals surface area contributed by atoms with E-state index >= 15 is 0 Å². The molecular weight excluding hydrogens is 215 g/mol. The molecule has 0 fully saturated rings. The van der Waals surface area contributed by atoms with Gasteiger partial charge in [-0.05, 0) is 11.6 Å². The van der Waals surface area contributed by atoms with Crippen molar-refractivity contribution in [3.8, 4) is 0 Å². The number of aliphatic hydroxyl groups excluding tert-OH is 2. The fourth-order valence-corrected chi connectivity index (χ4v) is 1.05. The zero-order valence-electron chi connectivity index (χ0n) is 6.56. The van der Waals surface area contributed by atoms with E-state index in [0.717, 1.165) is 0 Å². The first-order valence-corrected chi connectivity index (χ1v) is 4.46. The predicted octanol–water partition coefficient (Wildman–Crippen LogP) is 0.763. The summed E-state index contributed by atoms with van der Waals surface area (Å²) in [6.07, 6.45) is 0.590. The van der Waals surface area contributed by atoms with Crippen LogP contribution >= 0.6 is 23.2 Å². The van der Waals surface area contributed by atoms with Crippen molar-refractivity contribution in [3.05, 3.63) is 23.2 Å². The van der Waals surface area contributed by atoms with Gasteiger partial charge < -0.3 is 10.2 Å². The highest BCUT2D eigenvalue weighted by Gasteiger charge is 2.17. The molecule has 2 N–H and O–H groups in total. The zero-order chi connectivity index (χ0) is 9.84. The van der Waals surface area contributed by atoms with Crippen molar-refractivity contribution in [1.29, 1.82) is 0 Å². The summed E-state index contributed by atoms with van der Waals surface area (Å²) < 4.78 is 0. The number of hydrogen-bond donors (Lipinski definition) is 2. The van der Waals surface area contributed by atoms with Crippen molar-refractivity contribution < 1.29 is 10.2 Å². The second-order valence-corrected chi connectivity index (χ2v) is 3.10. The van der Waals surface area contributed by atoms with Crippen molar-refractivity contribution in [3.63, 3.8) is 0 Å². The highest BCUT2D eigenvalue weighted by Crippen LogP contribution is 2.16. The Morgan fingerprint density at radius 2 is 1.85 bits per heavy atom. The predicted molar refractivity (Wildman–Crippen MR) is 48.7 cm³/mol. The molecule has 4 nitrogen and oxygen atoms in total. The Bertz CT molecular complexity index is 268. The fourth-order valence-electron chi connectivity index (χ4n) is 0.782. The van der Waals surface area contributed by atoms with E-state index in [0.29, 0.717) is 5.56 Å². The first-order valence-electron chi connectivity index (χ1n) is 3.54. The van der Waals surface area contributed by atoms with Gasteiger partial charge in [-0.1, -0.05) is 0 Å². The molecule has 0 aromatic carbocycles. The molecule has 0 radical (unpaired) electrons. The van der Waals surface area contributed by atoms with Gasteiger partial charge >= 0.3 is 0 Å². The monoisotopic (exact) mass is 222 g/mol. The quantitative estimate of drug-likeness (QED) is 0.586. The highest BCUT2D eigenvalue weighted by molar-refractivity contribution is 6.28. The van der Waals surface area contributed by atoms with Gasteiger partial charge in [-0.15, -0.1) is 11.6 Å². The third-order valence-electron chi connectivity index (χ3n) is 1.50. The van der Waals surface area contributed by atoms with Crippen LogP contribution in [0.2, 0.25) is 5.28 Å². The maximum absolute atomic E-state index is 9.42. The highest BCUT2D eigenvalue weighted by atomic mass is 35.5. The molecule has 1 heterocycles. The molecule has 0 saturated carbocycles. The molecule has 0 aliphatic heterocycles. The van der Waals surface area contributed by atoms with E-state index in [9.17, 15) is 10.2 Å². The van der Waals surface area contributed by atoms with E-state index in [1.54, 1.807) is 0 Å². The van der Waals surface area contributed by atoms with Crippen molar-refractivity contribution in [2.45, 2.75) is 12.2 Å². The minimum atomic E-state index is -1.07. The van der Waals surface area contributed by atoms with Gasteiger partial charge in [0.15, 0.2) is 0 Å². The minimum Gasteiger partial charge on any atom is -0.389 e. The Morgan fingerprint density at radius 3 is 2.31 bits per heavy atom. The van der Waals surface area contributed by atoms with E-state index in [4.69, 9.17) is 23.2 Å². The van der Waals surface area contributed by atoms with Crippen LogP contribution in [0.1, 0.15) is 11.7 Å². The average Bonchev–Trinajstić information content (AvgIpc) is 2.17. The van der Waals surface area contributed by atoms with Crippen LogP contribution in [0.5, 0.6) is 0 Å². The molecule has 6 heteroatoms. The summed E-state index contributed by atoms with van der Waals surface area (Å²) in [5.41, 5.74) is 0.387. The number of nitrogens with zero attached hydrogens (tertiary/aromatic N) is 2. The van der Waals surface area contributed by atoms with E-state index in [1.807, 2.05) is 0 Å². The third kappa shape index (κ3) is 2.77. The molecule has 0 saturated heterocycles. The summed E-state index contributed by atoms with van der Waals surface area (Å²) in [5.74, 6) is -0.0518. The van der Waals surface area contributed by atoms with Crippen LogP contribution in [-0.4, -0.2) is 32.2 Å². The topological polar surface area (TPSA) is 66.2 Å². The van der Waals surface area contributed by atoms with Gasteiger partial charge in [-0.3, -0.25) is 0 Å². The Labute approximate surface area is 85.2 Å². The molecule has 0 amide bonds. The lowest BCUT2D eigenvalue weighted by Gasteiger charge is -2.14. The maximum Gasteiger partial charge on any atom is 0.222 e. The van der Waals surface area contributed by atoms with Crippen LogP contribution in [-0.2, 0) is 0 Å². The SMILES string of the molecule is OC(CCl)C(O)c1cnc(Cl)nc1. The maximum atomic E-state index is 9.42. The molecule has 0 spiro atoms. The first kappa shape index (κ1) is 10.7. The van der Waals surface area contributed by atoms with Crippen molar-refractivity contribution in [1.82, 2.24) is 9.97 Å². The standard InChI is InChI=1S/C7H8Cl2N2O2/c8-1-5(12)6(13)4-2-10-7(9)11-3-4/h2-3,5-6,12-13H,1H2. The molecule has 1 aromatic rings. The lowest BCUT2D eigenvalue weighted by molar-refractivity contribution is 0.0323. The molecular formula is C7H8Cl2N2O2. The molecule has 0 aliphatic rings. The lowest BCUT2D eigenvalue weighted by Crippen LogP contribution is -2.19. The van der Waals surface area contributed by atoms with E-state index in [-0.39, 0.29) is 11.2 Å². The Balaban J connectivity index is 2.77. The van der Waals surface area contributed by atoms with Gasteiger partial charge in [-0.2, -0.15) is 0 Å². The van der Waals surface area contributed by atoms with Gasteiger partial charge in [0, 0.05) is 18.0 Å². The number of aliphatic hydroxyl groups is 2. The Hall–Kier alpha value is -0.420. The molecule has 1 rings (SSSR count). The Morgan fingerprint density at radius 1 is 1.31 bits per heavy atom. The second-order valence-electron chi connectivity index (χ2n) is 2.45. The minimum absolute atomic E-state index is 0.0518. The zero-order valence-corrected chi connectivity index (χ0v) is 8.07. The summed E-state index contributed by atoms with van der Waals surface area (Å²) >= 11 is 10.8. The van der Waals surface area contributed by atoms with Crippen molar-refractivity contribution in [2.75, 3.05) is 5.88 Å². The third-order valence-corrected chi connectivity index (χ3v) is 2.02. The number of alkyl halides is 1. The normalized spacial score (nSPS) is 15.4. The van der Waals surface area contributed by atoms with Crippen LogP contribution < -0.4 is 0 Å². The number of rotatable bonds is 3. The fraction of sp³-hybridized carbons (Fsp3) is 0.429. The lowest BCUT2D eigenvalue weighted by atomic mass is 10.1. The van der Waals surface area contributed by atoms with Crippen LogP contribution in [0.15, 0.2) is 12.4 Å². The molecule has 0 bridgehead atoms. The van der Waals surface area contributed by atoms with E-state index in [1.165, 1.54) is 12.4 Å². The molecule has 13 heavy (non-hydrogen) atoms. The second kappa shape index (κ2) is 4.72. The molecule has 0 aliphatic carbocycles. The molecule has 1 aromatic heterocycles. The van der Waals surface area contributed by atoms with Gasteiger partial charge in [0.2, 0.25) is 5.28 Å². The van der Waals surface area contributed by atoms with E-state index < -0.39 is 12.2 Å². The van der Waals surface area contributed by atoms with Gasteiger partial charge in [0.05, 0.1) is 12.0 Å². The molecule has 72 valence electrons. The van der Waals surface area contributed by atoms with Crippen molar-refractivity contribution >= 4 is 23.2 Å². The van der Waals surface area contributed by atoms with E-state index in [2.05, 4.69) is 9.97 Å². The summed E-state index contributed by atoms with van der Waals surface area (Å²) in [6.45, 7) is 0. The number of hydrogen-bond acceptors (Lipinski definition) is 4. The summed E-state index contributed by atoms with van der Waals surface area (Å²) in [5, 5.41) is 18.7. The summed E-state index contributed by atoms with van der Waals surface area (Å²) in [4.78, 5) is 7.31. The molecule has 2 atom stereocenters. The molecule has 2 unspecified atom stereocenters. The number of halogens is 2. The smallest absolute Gasteiger partial charge is 0.222 e. The van der Waals surface area contributed by atoms with Gasteiger partial charge in [-0.25, -0.2) is 9.97 Å². The van der Waals surface area contributed by atoms with Crippen LogP contribution in [0.25, 0.3) is 0 Å². The first-order chi connectivity index (χ1) is 6.15. The Kier molecular flexibility index (Phi) is 3.87. The average molecular weight is 223 g/mol. The largest absolute Gasteiger partial charge is 0.389 e. The van der Waals surface area contributed by atoms with Crippen LogP contribution in [0.3, 0.4) is 0 Å². The number of aromatic nitrogens is 2. The van der Waals surface area contributed by atoms with Gasteiger partial charge in [0.1, 0.15) is 6.10 Å². The van der Waals surface area contributed by atoms with Crippen LogP contribution in [0, 0.1) is 0 Å². The van der Waals surface area contributed by atoms with Gasteiger partial charge in [0.25, 0.3) is 0 Å². The summed E-state index contributed by atoms with van der Waals surface area (Å²) in [6, 6.07) is 0. The van der Waals surface area contributed by atoms with Crippen molar-refractivity contribution in [2.24, 2.45) is 0 Å².